The molecule has 0 saturated heterocycles. The molecule has 3 N–H and O–H groups in total. The lowest BCUT2D eigenvalue weighted by Crippen LogP contribution is -2.15. The van der Waals surface area contributed by atoms with Crippen LogP contribution in [0.3, 0.4) is 0 Å². The van der Waals surface area contributed by atoms with E-state index in [1.165, 1.54) is 0 Å². The molecule has 1 aromatic heterocycles. The van der Waals surface area contributed by atoms with Crippen LogP contribution in [0.4, 0.5) is 5.69 Å². The summed E-state index contributed by atoms with van der Waals surface area (Å²) in [5, 5.41) is 7.15. The van der Waals surface area contributed by atoms with E-state index in [9.17, 15) is 0 Å². The van der Waals surface area contributed by atoms with Crippen molar-refractivity contribution in [3.8, 4) is 11.4 Å². The zero-order valence-electron chi connectivity index (χ0n) is 10.1. The molecular formula is C12H17N5. The molecule has 0 amide bonds. The van der Waals surface area contributed by atoms with Gasteiger partial charge in [-0.2, -0.15) is 5.10 Å². The van der Waals surface area contributed by atoms with Gasteiger partial charge in [-0.1, -0.05) is 0 Å². The van der Waals surface area contributed by atoms with Crippen molar-refractivity contribution in [2.75, 3.05) is 26.4 Å². The first-order valence-corrected chi connectivity index (χ1v) is 5.57. The molecule has 0 unspecified atom stereocenters. The molecule has 0 aliphatic heterocycles. The smallest absolute Gasteiger partial charge is 0.181 e. The zero-order chi connectivity index (χ0) is 12.3. The molecule has 2 aromatic rings. The highest BCUT2D eigenvalue weighted by molar-refractivity contribution is 5.58. The Hall–Kier alpha value is -1.88. The Kier molecular flexibility index (Phi) is 3.39. The number of nitrogens with two attached hydrogens (primary N) is 1. The standard InChI is InChI=1S/C12H17N5/c1-17(2)8-7-11-14-12(16-15-11)9-3-5-10(13)6-4-9/h3-6H,7-8,13H2,1-2H3,(H,14,15,16). The number of rotatable bonds is 4. The van der Waals surface area contributed by atoms with E-state index >= 15 is 0 Å². The maximum atomic E-state index is 5.64. The molecule has 0 aliphatic rings. The van der Waals surface area contributed by atoms with Crippen LogP contribution >= 0.6 is 0 Å². The summed E-state index contributed by atoms with van der Waals surface area (Å²) < 4.78 is 0. The van der Waals surface area contributed by atoms with Gasteiger partial charge in [-0.25, -0.2) is 4.98 Å². The third-order valence-corrected chi connectivity index (χ3v) is 2.50. The molecule has 0 fully saturated rings. The second-order valence-corrected chi connectivity index (χ2v) is 4.28. The van der Waals surface area contributed by atoms with Crippen molar-refractivity contribution < 1.29 is 0 Å². The highest BCUT2D eigenvalue weighted by atomic mass is 15.2. The van der Waals surface area contributed by atoms with Gasteiger partial charge in [0.2, 0.25) is 0 Å². The van der Waals surface area contributed by atoms with Crippen molar-refractivity contribution in [2.24, 2.45) is 0 Å². The number of nitrogens with zero attached hydrogens (tertiary/aromatic N) is 3. The van der Waals surface area contributed by atoms with Gasteiger partial charge in [-0.05, 0) is 38.4 Å². The number of hydrogen-bond acceptors (Lipinski definition) is 4. The van der Waals surface area contributed by atoms with Crippen LogP contribution in [0.25, 0.3) is 11.4 Å². The van der Waals surface area contributed by atoms with E-state index in [2.05, 4.69) is 20.1 Å². The van der Waals surface area contributed by atoms with E-state index in [0.29, 0.717) is 0 Å². The predicted molar refractivity (Wildman–Crippen MR) is 68.5 cm³/mol. The molecule has 90 valence electrons. The van der Waals surface area contributed by atoms with Crippen LogP contribution in [0, 0.1) is 0 Å². The highest BCUT2D eigenvalue weighted by Gasteiger charge is 2.05. The Morgan fingerprint density at radius 1 is 1.24 bits per heavy atom. The summed E-state index contributed by atoms with van der Waals surface area (Å²) >= 11 is 0. The molecule has 17 heavy (non-hydrogen) atoms. The van der Waals surface area contributed by atoms with Gasteiger partial charge in [0.05, 0.1) is 0 Å². The molecule has 0 aliphatic carbocycles. The molecular weight excluding hydrogens is 214 g/mol. The summed E-state index contributed by atoms with van der Waals surface area (Å²) in [6.07, 6.45) is 0.870. The minimum Gasteiger partial charge on any atom is -0.399 e. The molecule has 1 heterocycles. The average molecular weight is 231 g/mol. The number of hydrogen-bond donors (Lipinski definition) is 2. The minimum atomic E-state index is 0.721. The second-order valence-electron chi connectivity index (χ2n) is 4.28. The summed E-state index contributed by atoms with van der Waals surface area (Å²) in [6.45, 7) is 0.955. The molecule has 2 rings (SSSR count). The van der Waals surface area contributed by atoms with E-state index in [4.69, 9.17) is 5.73 Å². The molecule has 5 heteroatoms. The third-order valence-electron chi connectivity index (χ3n) is 2.50. The normalized spacial score (nSPS) is 11.0. The van der Waals surface area contributed by atoms with Gasteiger partial charge < -0.3 is 10.6 Å². The fourth-order valence-electron chi connectivity index (χ4n) is 1.50. The Morgan fingerprint density at radius 3 is 2.59 bits per heavy atom. The van der Waals surface area contributed by atoms with E-state index in [-0.39, 0.29) is 0 Å². The number of nitrogen functional groups attached to an aromatic ring is 1. The Labute approximate surface area is 101 Å². The Morgan fingerprint density at radius 2 is 1.94 bits per heavy atom. The van der Waals surface area contributed by atoms with Crippen LogP contribution in [-0.4, -0.2) is 40.7 Å². The number of nitrogens with one attached hydrogen (secondary N) is 1. The van der Waals surface area contributed by atoms with Crippen LogP contribution in [0.15, 0.2) is 24.3 Å². The summed E-state index contributed by atoms with van der Waals surface area (Å²) in [7, 11) is 4.08. The maximum absolute atomic E-state index is 5.64. The Bertz CT molecular complexity index is 472. The largest absolute Gasteiger partial charge is 0.399 e. The molecule has 0 bridgehead atoms. The van der Waals surface area contributed by atoms with Crippen molar-refractivity contribution in [1.82, 2.24) is 20.1 Å². The van der Waals surface area contributed by atoms with E-state index in [1.807, 2.05) is 38.4 Å². The number of aromatic amines is 1. The van der Waals surface area contributed by atoms with Gasteiger partial charge in [-0.15, -0.1) is 0 Å². The van der Waals surface area contributed by atoms with Crippen molar-refractivity contribution in [3.05, 3.63) is 30.1 Å². The summed E-state index contributed by atoms with van der Waals surface area (Å²) in [6, 6.07) is 7.55. The van der Waals surface area contributed by atoms with Gasteiger partial charge in [0.1, 0.15) is 5.82 Å². The van der Waals surface area contributed by atoms with Gasteiger partial charge in [-0.3, -0.25) is 5.10 Å². The van der Waals surface area contributed by atoms with Gasteiger partial charge >= 0.3 is 0 Å². The van der Waals surface area contributed by atoms with Gasteiger partial charge in [0.15, 0.2) is 5.82 Å². The lowest BCUT2D eigenvalue weighted by molar-refractivity contribution is 0.410. The maximum Gasteiger partial charge on any atom is 0.181 e. The molecule has 0 spiro atoms. The number of aromatic nitrogens is 3. The fourth-order valence-corrected chi connectivity index (χ4v) is 1.50. The van der Waals surface area contributed by atoms with Crippen molar-refractivity contribution in [3.63, 3.8) is 0 Å². The molecule has 5 nitrogen and oxygen atoms in total. The van der Waals surface area contributed by atoms with Crippen LogP contribution in [0.1, 0.15) is 5.82 Å². The lowest BCUT2D eigenvalue weighted by Gasteiger charge is -2.06. The predicted octanol–water partition coefficient (Wildman–Crippen LogP) is 1.16. The topological polar surface area (TPSA) is 70.8 Å². The monoisotopic (exact) mass is 231 g/mol. The lowest BCUT2D eigenvalue weighted by atomic mass is 10.2. The average Bonchev–Trinajstić information content (AvgIpc) is 2.76. The van der Waals surface area contributed by atoms with Crippen LogP contribution in [0.5, 0.6) is 0 Å². The number of anilines is 1. The molecule has 0 radical (unpaired) electrons. The minimum absolute atomic E-state index is 0.721. The van der Waals surface area contributed by atoms with Gasteiger partial charge in [0.25, 0.3) is 0 Å². The van der Waals surface area contributed by atoms with E-state index in [1.54, 1.807) is 0 Å². The van der Waals surface area contributed by atoms with Gasteiger partial charge in [0, 0.05) is 24.2 Å². The number of H-pyrrole nitrogens is 1. The van der Waals surface area contributed by atoms with Crippen molar-refractivity contribution in [1.29, 1.82) is 0 Å². The molecule has 0 atom stereocenters. The number of likely N-dealkylation sites (N-methyl/N-ethyl adjacent to an activating group) is 1. The quantitative estimate of drug-likeness (QED) is 0.775. The number of benzene rings is 1. The fraction of sp³-hybridized carbons (Fsp3) is 0.333. The highest BCUT2D eigenvalue weighted by Crippen LogP contribution is 2.16. The molecule has 0 saturated carbocycles. The van der Waals surface area contributed by atoms with E-state index in [0.717, 1.165) is 35.9 Å². The summed E-state index contributed by atoms with van der Waals surface area (Å²) in [4.78, 5) is 6.56. The van der Waals surface area contributed by atoms with Crippen molar-refractivity contribution >= 4 is 5.69 Å². The summed E-state index contributed by atoms with van der Waals surface area (Å²) in [5.74, 6) is 1.63. The first-order chi connectivity index (χ1) is 8.15. The van der Waals surface area contributed by atoms with Crippen LogP contribution < -0.4 is 5.73 Å². The zero-order valence-corrected chi connectivity index (χ0v) is 10.1. The molecule has 1 aromatic carbocycles. The SMILES string of the molecule is CN(C)CCc1nc(-c2ccc(N)cc2)n[nH]1. The van der Waals surface area contributed by atoms with E-state index < -0.39 is 0 Å². The third kappa shape index (κ3) is 3.04. The first kappa shape index (κ1) is 11.6. The summed E-state index contributed by atoms with van der Waals surface area (Å²) in [5.41, 5.74) is 7.36. The van der Waals surface area contributed by atoms with Crippen molar-refractivity contribution in [2.45, 2.75) is 6.42 Å². The van der Waals surface area contributed by atoms with Crippen LogP contribution in [-0.2, 0) is 6.42 Å². The second kappa shape index (κ2) is 4.97. The Balaban J connectivity index is 2.10. The van der Waals surface area contributed by atoms with Crippen LogP contribution in [0.2, 0.25) is 0 Å². The first-order valence-electron chi connectivity index (χ1n) is 5.57.